The fourth-order valence-corrected chi connectivity index (χ4v) is 5.45. The topological polar surface area (TPSA) is 88.5 Å². The minimum absolute atomic E-state index is 0.115. The molecule has 3 aromatic rings. The van der Waals surface area contributed by atoms with Crippen LogP contribution in [0.5, 0.6) is 0 Å². The molecule has 30 heavy (non-hydrogen) atoms. The Kier molecular flexibility index (Phi) is 3.72. The number of aryl methyl sites for hydroxylation is 1. The monoisotopic (exact) mass is 404 g/mol. The second kappa shape index (κ2) is 6.35. The van der Waals surface area contributed by atoms with Gasteiger partial charge in [-0.25, -0.2) is 14.5 Å². The Morgan fingerprint density at radius 3 is 2.83 bits per heavy atom. The summed E-state index contributed by atoms with van der Waals surface area (Å²) in [5.41, 5.74) is 5.80. The van der Waals surface area contributed by atoms with Crippen molar-refractivity contribution in [2.24, 2.45) is 13.0 Å². The van der Waals surface area contributed by atoms with E-state index in [9.17, 15) is 9.18 Å². The molecule has 2 aliphatic carbocycles. The van der Waals surface area contributed by atoms with Crippen molar-refractivity contribution in [1.29, 1.82) is 0 Å². The van der Waals surface area contributed by atoms with Gasteiger partial charge >= 0.3 is 0 Å². The first-order chi connectivity index (χ1) is 14.6. The van der Waals surface area contributed by atoms with E-state index in [2.05, 4.69) is 25.6 Å². The molecule has 1 aliphatic heterocycles. The standard InChI is InChI=1S/C22H21FN6O/c1-29-21(24-10-25-29)17-18(11-5-7-13(23)8-6-11)26-19-14-4-2-3-12(14)9-15-16(19)20(17)27-28-22(15)30/h5-8,10,12,17-18,26H,2-4,9H2,1H3,(H,28,30)/t12?,17-,18-/m0/s1. The summed E-state index contributed by atoms with van der Waals surface area (Å²) in [6.45, 7) is 0. The van der Waals surface area contributed by atoms with E-state index in [1.807, 2.05) is 7.05 Å². The molecule has 7 nitrogen and oxygen atoms in total. The van der Waals surface area contributed by atoms with Gasteiger partial charge in [-0.2, -0.15) is 10.2 Å². The lowest BCUT2D eigenvalue weighted by Gasteiger charge is -2.39. The Morgan fingerprint density at radius 1 is 1.23 bits per heavy atom. The van der Waals surface area contributed by atoms with E-state index < -0.39 is 0 Å². The van der Waals surface area contributed by atoms with Gasteiger partial charge in [0.25, 0.3) is 5.56 Å². The second-order valence-corrected chi connectivity index (χ2v) is 8.38. The van der Waals surface area contributed by atoms with Gasteiger partial charge in [0.2, 0.25) is 0 Å². The third-order valence-corrected chi connectivity index (χ3v) is 6.80. The Hall–Kier alpha value is -3.29. The molecule has 1 unspecified atom stereocenters. The molecular formula is C22H21FN6O. The summed E-state index contributed by atoms with van der Waals surface area (Å²) < 4.78 is 15.4. The van der Waals surface area contributed by atoms with Gasteiger partial charge in [0, 0.05) is 23.9 Å². The number of fused-ring (bicyclic) bond motifs is 1. The molecule has 1 aromatic carbocycles. The fourth-order valence-electron chi connectivity index (χ4n) is 5.45. The van der Waals surface area contributed by atoms with Crippen LogP contribution in [0.1, 0.15) is 59.4 Å². The summed E-state index contributed by atoms with van der Waals surface area (Å²) in [6, 6.07) is 6.35. The van der Waals surface area contributed by atoms with Crippen molar-refractivity contribution in [2.75, 3.05) is 0 Å². The van der Waals surface area contributed by atoms with Crippen LogP contribution in [0.15, 0.2) is 41.0 Å². The van der Waals surface area contributed by atoms with Crippen LogP contribution in [0.2, 0.25) is 0 Å². The highest BCUT2D eigenvalue weighted by molar-refractivity contribution is 5.77. The highest BCUT2D eigenvalue weighted by atomic mass is 19.1. The summed E-state index contributed by atoms with van der Waals surface area (Å²) in [5, 5.41) is 15.3. The predicted octanol–water partition coefficient (Wildman–Crippen LogP) is 2.58. The number of aromatic amines is 1. The maximum Gasteiger partial charge on any atom is 0.268 e. The minimum atomic E-state index is -0.273. The quantitative estimate of drug-likeness (QED) is 0.685. The van der Waals surface area contributed by atoms with E-state index in [4.69, 9.17) is 0 Å². The van der Waals surface area contributed by atoms with E-state index in [-0.39, 0.29) is 23.3 Å². The zero-order valence-corrected chi connectivity index (χ0v) is 16.5. The number of H-pyrrole nitrogens is 1. The van der Waals surface area contributed by atoms with Crippen molar-refractivity contribution < 1.29 is 4.39 Å². The molecule has 0 radical (unpaired) electrons. The Morgan fingerprint density at radius 2 is 2.07 bits per heavy atom. The molecule has 3 aliphatic rings. The van der Waals surface area contributed by atoms with Crippen LogP contribution in [0.3, 0.4) is 0 Å². The number of allylic oxidation sites excluding steroid dienone is 1. The second-order valence-electron chi connectivity index (χ2n) is 8.38. The van der Waals surface area contributed by atoms with E-state index in [0.29, 0.717) is 5.92 Å². The number of nitrogens with one attached hydrogen (secondary N) is 2. The fraction of sp³-hybridized carbons (Fsp3) is 0.364. The van der Waals surface area contributed by atoms with Gasteiger partial charge in [-0.3, -0.25) is 9.48 Å². The molecule has 2 N–H and O–H groups in total. The van der Waals surface area contributed by atoms with Crippen molar-refractivity contribution in [1.82, 2.24) is 30.3 Å². The normalized spacial score (nSPS) is 24.4. The molecule has 1 fully saturated rings. The van der Waals surface area contributed by atoms with Gasteiger partial charge in [-0.1, -0.05) is 12.1 Å². The van der Waals surface area contributed by atoms with Gasteiger partial charge in [-0.05, 0) is 54.9 Å². The zero-order chi connectivity index (χ0) is 20.4. The molecular weight excluding hydrogens is 383 g/mol. The minimum Gasteiger partial charge on any atom is -0.377 e. The average molecular weight is 404 g/mol. The number of hydrogen-bond acceptors (Lipinski definition) is 5. The van der Waals surface area contributed by atoms with Crippen LogP contribution in [0.25, 0.3) is 5.70 Å². The van der Waals surface area contributed by atoms with Gasteiger partial charge in [-0.15, -0.1) is 0 Å². The highest BCUT2D eigenvalue weighted by Crippen LogP contribution is 2.50. The highest BCUT2D eigenvalue weighted by Gasteiger charge is 2.44. The number of rotatable bonds is 2. The third-order valence-electron chi connectivity index (χ3n) is 6.80. The molecule has 8 heteroatoms. The van der Waals surface area contributed by atoms with Crippen LogP contribution in [-0.4, -0.2) is 25.0 Å². The van der Waals surface area contributed by atoms with E-state index in [0.717, 1.165) is 59.6 Å². The molecule has 2 aromatic heterocycles. The Bertz CT molecular complexity index is 1240. The number of halogens is 1. The largest absolute Gasteiger partial charge is 0.377 e. The van der Waals surface area contributed by atoms with E-state index in [1.54, 1.807) is 16.8 Å². The summed E-state index contributed by atoms with van der Waals surface area (Å²) in [7, 11) is 1.85. The molecule has 3 heterocycles. The molecule has 152 valence electrons. The van der Waals surface area contributed by atoms with Crippen LogP contribution in [-0.2, 0) is 13.5 Å². The lowest BCUT2D eigenvalue weighted by atomic mass is 9.75. The van der Waals surface area contributed by atoms with Crippen LogP contribution in [0, 0.1) is 11.7 Å². The first-order valence-electron chi connectivity index (χ1n) is 10.3. The number of hydrogen-bond donors (Lipinski definition) is 2. The summed E-state index contributed by atoms with van der Waals surface area (Å²) >= 11 is 0. The Balaban J connectivity index is 1.64. The smallest absolute Gasteiger partial charge is 0.268 e. The summed E-state index contributed by atoms with van der Waals surface area (Å²) in [5.74, 6) is 0.606. The molecule has 0 spiro atoms. The van der Waals surface area contributed by atoms with Crippen LogP contribution < -0.4 is 10.9 Å². The lowest BCUT2D eigenvalue weighted by Crippen LogP contribution is -2.40. The van der Waals surface area contributed by atoms with Crippen molar-refractivity contribution in [3.05, 3.63) is 80.5 Å². The van der Waals surface area contributed by atoms with Gasteiger partial charge in [0.05, 0.1) is 17.7 Å². The average Bonchev–Trinajstić information content (AvgIpc) is 3.39. The van der Waals surface area contributed by atoms with Crippen molar-refractivity contribution in [2.45, 2.75) is 37.6 Å². The number of aromatic nitrogens is 5. The SMILES string of the molecule is Cn1ncnc1[C@@H]1c2n[nH]c(=O)c3c2C(=C2CCCC2C3)N[C@H]1c1ccc(F)cc1. The van der Waals surface area contributed by atoms with Crippen molar-refractivity contribution in [3.8, 4) is 0 Å². The molecule has 6 rings (SSSR count). The van der Waals surface area contributed by atoms with E-state index in [1.165, 1.54) is 24.0 Å². The molecule has 0 amide bonds. The molecule has 3 atom stereocenters. The van der Waals surface area contributed by atoms with Crippen LogP contribution in [0.4, 0.5) is 4.39 Å². The van der Waals surface area contributed by atoms with Gasteiger partial charge in [0.1, 0.15) is 18.0 Å². The molecule has 0 saturated heterocycles. The summed E-state index contributed by atoms with van der Waals surface area (Å²) in [6.07, 6.45) is 5.55. The number of nitrogens with zero attached hydrogens (tertiary/aromatic N) is 4. The molecule has 0 bridgehead atoms. The van der Waals surface area contributed by atoms with Gasteiger partial charge in [0.15, 0.2) is 0 Å². The number of benzene rings is 1. The predicted molar refractivity (Wildman–Crippen MR) is 108 cm³/mol. The Labute approximate surface area is 172 Å². The van der Waals surface area contributed by atoms with E-state index >= 15 is 0 Å². The maximum absolute atomic E-state index is 13.6. The molecule has 1 saturated carbocycles. The zero-order valence-electron chi connectivity index (χ0n) is 16.5. The lowest BCUT2D eigenvalue weighted by molar-refractivity contribution is 0.472. The maximum atomic E-state index is 13.6. The first-order valence-corrected chi connectivity index (χ1v) is 10.3. The first kappa shape index (κ1) is 17.6. The van der Waals surface area contributed by atoms with Crippen LogP contribution >= 0.6 is 0 Å². The van der Waals surface area contributed by atoms with Crippen molar-refractivity contribution >= 4 is 5.70 Å². The van der Waals surface area contributed by atoms with Crippen molar-refractivity contribution in [3.63, 3.8) is 0 Å². The summed E-state index contributed by atoms with van der Waals surface area (Å²) in [4.78, 5) is 17.2. The van der Waals surface area contributed by atoms with Gasteiger partial charge < -0.3 is 5.32 Å². The third kappa shape index (κ3) is 2.42.